The molecule has 21 heavy (non-hydrogen) atoms. The molecule has 0 amide bonds. The van der Waals surface area contributed by atoms with E-state index in [-0.39, 0.29) is 0 Å². The summed E-state index contributed by atoms with van der Waals surface area (Å²) in [6.07, 6.45) is 12.7. The normalized spacial score (nSPS) is 11.9. The second-order valence-corrected chi connectivity index (χ2v) is 5.39. The van der Waals surface area contributed by atoms with E-state index in [9.17, 15) is 0 Å². The van der Waals surface area contributed by atoms with Crippen LogP contribution in [-0.2, 0) is 6.54 Å². The van der Waals surface area contributed by atoms with Crippen molar-refractivity contribution in [1.82, 2.24) is 19.1 Å². The Morgan fingerprint density at radius 1 is 1.24 bits per heavy atom. The first kappa shape index (κ1) is 15.4. The van der Waals surface area contributed by atoms with Gasteiger partial charge in [-0.1, -0.05) is 26.2 Å². The molecule has 114 valence electrons. The van der Waals surface area contributed by atoms with Crippen LogP contribution < -0.4 is 0 Å². The Morgan fingerprint density at radius 2 is 2.10 bits per heavy atom. The van der Waals surface area contributed by atoms with Gasteiger partial charge in [-0.2, -0.15) is 5.10 Å². The zero-order chi connectivity index (χ0) is 15.1. The Labute approximate surface area is 126 Å². The molecular formula is C16H25N5. The topological polar surface area (TPSA) is 38.4 Å². The van der Waals surface area contributed by atoms with Crippen molar-refractivity contribution < 1.29 is 0 Å². The molecule has 0 saturated heterocycles. The summed E-state index contributed by atoms with van der Waals surface area (Å²) in [4.78, 5) is 4.13. The fraction of sp³-hybridized carbons (Fsp3) is 0.500. The van der Waals surface area contributed by atoms with Crippen LogP contribution in [0.1, 0.15) is 38.3 Å². The number of rotatable bonds is 7. The molecule has 0 spiro atoms. The second-order valence-electron chi connectivity index (χ2n) is 5.39. The predicted octanol–water partition coefficient (Wildman–Crippen LogP) is 3.04. The fourth-order valence-electron chi connectivity index (χ4n) is 2.33. The van der Waals surface area contributed by atoms with Crippen molar-refractivity contribution >= 4 is 5.84 Å². The third-order valence-corrected chi connectivity index (χ3v) is 3.35. The van der Waals surface area contributed by atoms with Gasteiger partial charge in [0, 0.05) is 39.2 Å². The lowest BCUT2D eigenvalue weighted by Crippen LogP contribution is -2.20. The van der Waals surface area contributed by atoms with Gasteiger partial charge in [0.2, 0.25) is 0 Å². The van der Waals surface area contributed by atoms with Crippen LogP contribution in [0.2, 0.25) is 0 Å². The number of hydrazone groups is 1. The van der Waals surface area contributed by atoms with E-state index in [1.54, 1.807) is 12.5 Å². The lowest BCUT2D eigenvalue weighted by Gasteiger charge is -2.14. The highest BCUT2D eigenvalue weighted by atomic mass is 15.4. The third kappa shape index (κ3) is 4.21. The van der Waals surface area contributed by atoms with Gasteiger partial charge < -0.3 is 9.58 Å². The van der Waals surface area contributed by atoms with Gasteiger partial charge in [-0.3, -0.25) is 4.57 Å². The summed E-state index contributed by atoms with van der Waals surface area (Å²) in [5.41, 5.74) is 1.12. The quantitative estimate of drug-likeness (QED) is 0.340. The molecular weight excluding hydrogens is 262 g/mol. The highest BCUT2D eigenvalue weighted by molar-refractivity contribution is 5.98. The molecule has 0 saturated carbocycles. The van der Waals surface area contributed by atoms with E-state index in [1.165, 1.54) is 25.7 Å². The lowest BCUT2D eigenvalue weighted by molar-refractivity contribution is 0.435. The average molecular weight is 287 g/mol. The van der Waals surface area contributed by atoms with Crippen molar-refractivity contribution in [2.45, 2.75) is 39.2 Å². The molecule has 0 aliphatic rings. The molecule has 2 heterocycles. The SMILES string of the molecule is CCCCCCn1cccc1/C(=N\N(C)C)n1ccnc1. The van der Waals surface area contributed by atoms with Crippen molar-refractivity contribution in [2.24, 2.45) is 5.10 Å². The minimum atomic E-state index is 0.901. The molecule has 0 unspecified atom stereocenters. The van der Waals surface area contributed by atoms with E-state index >= 15 is 0 Å². The first-order chi connectivity index (χ1) is 10.2. The smallest absolute Gasteiger partial charge is 0.181 e. The molecule has 0 N–H and O–H groups in total. The highest BCUT2D eigenvalue weighted by Crippen LogP contribution is 2.10. The van der Waals surface area contributed by atoms with Crippen LogP contribution in [0, 0.1) is 0 Å². The highest BCUT2D eigenvalue weighted by Gasteiger charge is 2.11. The molecule has 0 atom stereocenters. The van der Waals surface area contributed by atoms with E-state index in [0.29, 0.717) is 0 Å². The van der Waals surface area contributed by atoms with E-state index in [1.807, 2.05) is 29.9 Å². The molecule has 0 aliphatic heterocycles. The van der Waals surface area contributed by atoms with E-state index in [4.69, 9.17) is 0 Å². The Morgan fingerprint density at radius 3 is 2.76 bits per heavy atom. The first-order valence-corrected chi connectivity index (χ1v) is 7.62. The van der Waals surface area contributed by atoms with Crippen LogP contribution in [0.4, 0.5) is 0 Å². The van der Waals surface area contributed by atoms with Crippen molar-refractivity contribution in [2.75, 3.05) is 14.1 Å². The fourth-order valence-corrected chi connectivity index (χ4v) is 2.33. The van der Waals surface area contributed by atoms with Gasteiger partial charge in [-0.25, -0.2) is 4.98 Å². The molecule has 0 radical (unpaired) electrons. The Balaban J connectivity index is 2.20. The Bertz CT molecular complexity index is 551. The zero-order valence-electron chi connectivity index (χ0n) is 13.2. The standard InChI is InChI=1S/C16H25N5/c1-4-5-6-7-11-20-12-8-9-15(20)16(18-19(2)3)21-13-10-17-14-21/h8-10,12-14H,4-7,11H2,1-3H3/b18-16+. The Kier molecular flexibility index (Phi) is 5.60. The van der Waals surface area contributed by atoms with Crippen LogP contribution in [0.25, 0.3) is 0 Å². The summed E-state index contributed by atoms with van der Waals surface area (Å²) in [5, 5.41) is 6.44. The minimum Gasteiger partial charge on any atom is -0.345 e. The van der Waals surface area contributed by atoms with Crippen LogP contribution in [0.15, 0.2) is 42.2 Å². The van der Waals surface area contributed by atoms with Crippen LogP contribution >= 0.6 is 0 Å². The summed E-state index contributed by atoms with van der Waals surface area (Å²) in [5.74, 6) is 0.901. The maximum absolute atomic E-state index is 4.62. The van der Waals surface area contributed by atoms with Gasteiger partial charge in [0.1, 0.15) is 6.33 Å². The van der Waals surface area contributed by atoms with E-state index < -0.39 is 0 Å². The molecule has 2 aromatic rings. The van der Waals surface area contributed by atoms with Gasteiger partial charge in [0.25, 0.3) is 0 Å². The summed E-state index contributed by atoms with van der Waals surface area (Å²) >= 11 is 0. The maximum Gasteiger partial charge on any atom is 0.181 e. The van der Waals surface area contributed by atoms with E-state index in [2.05, 4.69) is 39.9 Å². The maximum atomic E-state index is 4.62. The number of aromatic nitrogens is 3. The van der Waals surface area contributed by atoms with Crippen molar-refractivity contribution in [3.8, 4) is 0 Å². The van der Waals surface area contributed by atoms with Crippen molar-refractivity contribution in [3.63, 3.8) is 0 Å². The molecule has 5 heteroatoms. The molecule has 0 fully saturated rings. The monoisotopic (exact) mass is 287 g/mol. The second kappa shape index (κ2) is 7.67. The number of hydrogen-bond donors (Lipinski definition) is 0. The largest absolute Gasteiger partial charge is 0.345 e. The summed E-state index contributed by atoms with van der Waals surface area (Å²) in [6.45, 7) is 3.27. The van der Waals surface area contributed by atoms with Crippen molar-refractivity contribution in [3.05, 3.63) is 42.7 Å². The zero-order valence-corrected chi connectivity index (χ0v) is 13.2. The number of hydrogen-bond acceptors (Lipinski definition) is 3. The minimum absolute atomic E-state index is 0.901. The number of aryl methyl sites for hydroxylation is 1. The lowest BCUT2D eigenvalue weighted by atomic mass is 10.2. The van der Waals surface area contributed by atoms with Crippen LogP contribution in [0.3, 0.4) is 0 Å². The summed E-state index contributed by atoms with van der Waals surface area (Å²) in [6, 6.07) is 4.19. The van der Waals surface area contributed by atoms with Gasteiger partial charge >= 0.3 is 0 Å². The van der Waals surface area contributed by atoms with Gasteiger partial charge in [0.15, 0.2) is 5.84 Å². The number of nitrogens with zero attached hydrogens (tertiary/aromatic N) is 5. The molecule has 2 aromatic heterocycles. The average Bonchev–Trinajstić information content (AvgIpc) is 3.12. The number of unbranched alkanes of at least 4 members (excludes halogenated alkanes) is 3. The molecule has 0 aromatic carbocycles. The van der Waals surface area contributed by atoms with Gasteiger partial charge in [0.05, 0.1) is 5.69 Å². The predicted molar refractivity (Wildman–Crippen MR) is 86.4 cm³/mol. The van der Waals surface area contributed by atoms with Crippen LogP contribution in [-0.4, -0.2) is 39.1 Å². The van der Waals surface area contributed by atoms with Gasteiger partial charge in [-0.05, 0) is 18.6 Å². The number of imidazole rings is 1. The third-order valence-electron chi connectivity index (χ3n) is 3.35. The molecule has 5 nitrogen and oxygen atoms in total. The summed E-state index contributed by atoms with van der Waals surface area (Å²) in [7, 11) is 3.87. The van der Waals surface area contributed by atoms with E-state index in [0.717, 1.165) is 18.1 Å². The van der Waals surface area contributed by atoms with Crippen LogP contribution in [0.5, 0.6) is 0 Å². The summed E-state index contributed by atoms with van der Waals surface area (Å²) < 4.78 is 4.23. The van der Waals surface area contributed by atoms with Gasteiger partial charge in [-0.15, -0.1) is 0 Å². The molecule has 0 bridgehead atoms. The molecule has 2 rings (SSSR count). The van der Waals surface area contributed by atoms with Crippen molar-refractivity contribution in [1.29, 1.82) is 0 Å². The first-order valence-electron chi connectivity index (χ1n) is 7.62. The Hall–Kier alpha value is -2.04. The molecule has 0 aliphatic carbocycles.